The standard InChI is InChI=1S/C16H23NO3S2/c1-22-10-9-14(16(19)20)17-15(18)13(11-21)8-7-12-5-3-2-4-6-12/h2-6,13-14,21H,7-11H2,1H3,(H,17,18)(H,19,20)/t13-,14+/m1/s1. The molecule has 22 heavy (non-hydrogen) atoms. The van der Waals surface area contributed by atoms with Crippen LogP contribution in [0.15, 0.2) is 30.3 Å². The van der Waals surface area contributed by atoms with Crippen LogP contribution in [0.1, 0.15) is 18.4 Å². The van der Waals surface area contributed by atoms with E-state index in [2.05, 4.69) is 17.9 Å². The van der Waals surface area contributed by atoms with E-state index >= 15 is 0 Å². The van der Waals surface area contributed by atoms with E-state index in [1.165, 1.54) is 5.56 Å². The van der Waals surface area contributed by atoms with Gasteiger partial charge in [-0.25, -0.2) is 4.79 Å². The molecular weight excluding hydrogens is 318 g/mol. The van der Waals surface area contributed by atoms with E-state index in [9.17, 15) is 9.59 Å². The lowest BCUT2D eigenvalue weighted by atomic mass is 9.99. The zero-order valence-electron chi connectivity index (χ0n) is 12.7. The predicted octanol–water partition coefficient (Wildman–Crippen LogP) is 2.49. The first-order valence-corrected chi connectivity index (χ1v) is 9.28. The summed E-state index contributed by atoms with van der Waals surface area (Å²) in [6.07, 6.45) is 3.79. The largest absolute Gasteiger partial charge is 0.480 e. The Hall–Kier alpha value is -1.14. The number of thiol groups is 1. The summed E-state index contributed by atoms with van der Waals surface area (Å²) < 4.78 is 0. The number of aliphatic carboxylic acids is 1. The number of benzene rings is 1. The molecule has 0 aliphatic heterocycles. The minimum absolute atomic E-state index is 0.223. The molecule has 0 aromatic heterocycles. The Labute approximate surface area is 141 Å². The summed E-state index contributed by atoms with van der Waals surface area (Å²) in [5.74, 6) is -0.372. The van der Waals surface area contributed by atoms with Gasteiger partial charge in [0.2, 0.25) is 5.91 Å². The number of carbonyl (C=O) groups excluding carboxylic acids is 1. The topological polar surface area (TPSA) is 66.4 Å². The quantitative estimate of drug-likeness (QED) is 0.572. The van der Waals surface area contributed by atoms with Crippen LogP contribution in [0, 0.1) is 5.92 Å². The monoisotopic (exact) mass is 341 g/mol. The van der Waals surface area contributed by atoms with E-state index < -0.39 is 12.0 Å². The van der Waals surface area contributed by atoms with Gasteiger partial charge >= 0.3 is 5.97 Å². The van der Waals surface area contributed by atoms with Crippen molar-refractivity contribution in [3.63, 3.8) is 0 Å². The van der Waals surface area contributed by atoms with Crippen molar-refractivity contribution >= 4 is 36.3 Å². The normalized spacial score (nSPS) is 13.4. The van der Waals surface area contributed by atoms with E-state index in [0.717, 1.165) is 6.42 Å². The van der Waals surface area contributed by atoms with Gasteiger partial charge < -0.3 is 10.4 Å². The van der Waals surface area contributed by atoms with Crippen LogP contribution in [0.2, 0.25) is 0 Å². The number of rotatable bonds is 10. The fraction of sp³-hybridized carbons (Fsp3) is 0.500. The van der Waals surface area contributed by atoms with Crippen molar-refractivity contribution < 1.29 is 14.7 Å². The highest BCUT2D eigenvalue weighted by molar-refractivity contribution is 7.98. The molecule has 4 nitrogen and oxygen atoms in total. The van der Waals surface area contributed by atoms with E-state index in [1.807, 2.05) is 36.6 Å². The van der Waals surface area contributed by atoms with Crippen LogP contribution in [0.25, 0.3) is 0 Å². The number of hydrogen-bond acceptors (Lipinski definition) is 4. The van der Waals surface area contributed by atoms with Gasteiger partial charge in [-0.2, -0.15) is 24.4 Å². The second-order valence-corrected chi connectivity index (χ2v) is 6.44. The summed E-state index contributed by atoms with van der Waals surface area (Å²) in [7, 11) is 0. The Kier molecular flexibility index (Phi) is 9.08. The van der Waals surface area contributed by atoms with Crippen LogP contribution in [0.3, 0.4) is 0 Å². The first-order valence-electron chi connectivity index (χ1n) is 7.25. The van der Waals surface area contributed by atoms with Crippen molar-refractivity contribution in [3.8, 4) is 0 Å². The van der Waals surface area contributed by atoms with Gasteiger partial charge in [-0.05, 0) is 36.8 Å². The molecule has 0 saturated carbocycles. The van der Waals surface area contributed by atoms with E-state index in [1.54, 1.807) is 11.8 Å². The van der Waals surface area contributed by atoms with Crippen LogP contribution < -0.4 is 5.32 Å². The Morgan fingerprint density at radius 1 is 1.27 bits per heavy atom. The summed E-state index contributed by atoms with van der Waals surface area (Å²) in [4.78, 5) is 23.4. The Balaban J connectivity index is 2.53. The molecular formula is C16H23NO3S2. The molecule has 6 heteroatoms. The van der Waals surface area contributed by atoms with E-state index in [0.29, 0.717) is 24.3 Å². The van der Waals surface area contributed by atoms with Gasteiger partial charge in [0.25, 0.3) is 0 Å². The van der Waals surface area contributed by atoms with Crippen LogP contribution in [-0.2, 0) is 16.0 Å². The molecule has 1 aromatic rings. The van der Waals surface area contributed by atoms with Crippen LogP contribution in [-0.4, -0.2) is 40.8 Å². The van der Waals surface area contributed by atoms with Gasteiger partial charge in [0.05, 0.1) is 0 Å². The molecule has 2 atom stereocenters. The molecule has 0 heterocycles. The minimum Gasteiger partial charge on any atom is -0.480 e. The Morgan fingerprint density at radius 3 is 2.50 bits per heavy atom. The average molecular weight is 341 g/mol. The molecule has 0 aliphatic rings. The van der Waals surface area contributed by atoms with Gasteiger partial charge in [0.15, 0.2) is 0 Å². The molecule has 122 valence electrons. The number of carboxylic acids is 1. The van der Waals surface area contributed by atoms with Gasteiger partial charge in [-0.1, -0.05) is 30.3 Å². The summed E-state index contributed by atoms with van der Waals surface area (Å²) in [6.45, 7) is 0. The first kappa shape index (κ1) is 18.9. The van der Waals surface area contributed by atoms with Crippen molar-refractivity contribution in [2.24, 2.45) is 5.92 Å². The molecule has 0 spiro atoms. The highest BCUT2D eigenvalue weighted by Gasteiger charge is 2.24. The summed E-state index contributed by atoms with van der Waals surface area (Å²) in [5, 5.41) is 11.8. The molecule has 0 bridgehead atoms. The summed E-state index contributed by atoms with van der Waals surface area (Å²) >= 11 is 5.80. The third kappa shape index (κ3) is 6.75. The SMILES string of the molecule is CSCC[C@H](NC(=O)[C@@H](CS)CCc1ccccc1)C(=O)O. The fourth-order valence-corrected chi connectivity index (χ4v) is 2.89. The Morgan fingerprint density at radius 2 is 1.95 bits per heavy atom. The highest BCUT2D eigenvalue weighted by atomic mass is 32.2. The zero-order chi connectivity index (χ0) is 16.4. The van der Waals surface area contributed by atoms with Crippen LogP contribution in [0.5, 0.6) is 0 Å². The molecule has 0 fully saturated rings. The van der Waals surface area contributed by atoms with Crippen LogP contribution >= 0.6 is 24.4 Å². The van der Waals surface area contributed by atoms with Crippen molar-refractivity contribution in [2.45, 2.75) is 25.3 Å². The molecule has 1 amide bonds. The molecule has 2 N–H and O–H groups in total. The molecule has 1 rings (SSSR count). The number of carbonyl (C=O) groups is 2. The third-order valence-corrected chi connectivity index (χ3v) is 4.53. The van der Waals surface area contributed by atoms with E-state index in [-0.39, 0.29) is 11.8 Å². The molecule has 0 saturated heterocycles. The van der Waals surface area contributed by atoms with Gasteiger partial charge in [-0.3, -0.25) is 4.79 Å². The summed E-state index contributed by atoms with van der Waals surface area (Å²) in [6, 6.07) is 9.11. The number of aryl methyl sites for hydroxylation is 1. The molecule has 0 radical (unpaired) electrons. The summed E-state index contributed by atoms with van der Waals surface area (Å²) in [5.41, 5.74) is 1.17. The predicted molar refractivity (Wildman–Crippen MR) is 94.7 cm³/mol. The lowest BCUT2D eigenvalue weighted by Crippen LogP contribution is -2.44. The number of nitrogens with one attached hydrogen (secondary N) is 1. The van der Waals surface area contributed by atoms with Gasteiger partial charge in [-0.15, -0.1) is 0 Å². The van der Waals surface area contributed by atoms with Crippen molar-refractivity contribution in [1.29, 1.82) is 0 Å². The third-order valence-electron chi connectivity index (χ3n) is 3.44. The molecule has 0 aliphatic carbocycles. The maximum Gasteiger partial charge on any atom is 0.326 e. The zero-order valence-corrected chi connectivity index (χ0v) is 14.4. The first-order chi connectivity index (χ1) is 10.6. The lowest BCUT2D eigenvalue weighted by molar-refractivity contribution is -0.142. The second-order valence-electron chi connectivity index (χ2n) is 5.08. The van der Waals surface area contributed by atoms with Crippen molar-refractivity contribution in [1.82, 2.24) is 5.32 Å². The fourth-order valence-electron chi connectivity index (χ4n) is 2.07. The maximum absolute atomic E-state index is 12.2. The highest BCUT2D eigenvalue weighted by Crippen LogP contribution is 2.13. The second kappa shape index (κ2) is 10.6. The lowest BCUT2D eigenvalue weighted by Gasteiger charge is -2.19. The smallest absolute Gasteiger partial charge is 0.326 e. The van der Waals surface area contributed by atoms with Gasteiger partial charge in [0, 0.05) is 11.7 Å². The molecule has 1 aromatic carbocycles. The number of carboxylic acid groups (broad SMARTS) is 1. The van der Waals surface area contributed by atoms with E-state index in [4.69, 9.17) is 5.11 Å². The van der Waals surface area contributed by atoms with Crippen molar-refractivity contribution in [3.05, 3.63) is 35.9 Å². The number of thioether (sulfide) groups is 1. The van der Waals surface area contributed by atoms with Gasteiger partial charge in [0.1, 0.15) is 6.04 Å². The number of hydrogen-bond donors (Lipinski definition) is 3. The minimum atomic E-state index is -0.983. The Bertz CT molecular complexity index is 468. The van der Waals surface area contributed by atoms with Crippen LogP contribution in [0.4, 0.5) is 0 Å². The van der Waals surface area contributed by atoms with Crippen molar-refractivity contribution in [2.75, 3.05) is 17.8 Å². The maximum atomic E-state index is 12.2. The molecule has 0 unspecified atom stereocenters. The number of amides is 1. The average Bonchev–Trinajstić information content (AvgIpc) is 2.52.